The first-order valence-electron chi connectivity index (χ1n) is 6.74. The van der Waals surface area contributed by atoms with Gasteiger partial charge in [-0.15, -0.1) is 0 Å². The molecule has 2 aromatic carbocycles. The fourth-order valence-electron chi connectivity index (χ4n) is 2.08. The summed E-state index contributed by atoms with van der Waals surface area (Å²) in [4.78, 5) is 12.3. The molecule has 0 aliphatic heterocycles. The fraction of sp³-hybridized carbons (Fsp3) is 0.176. The molecule has 2 N–H and O–H groups in total. The molecule has 2 rings (SSSR count). The second kappa shape index (κ2) is 6.22. The minimum atomic E-state index is -0.152. The molecule has 108 valence electrons. The molecule has 2 aromatic rings. The summed E-state index contributed by atoms with van der Waals surface area (Å²) in [6.07, 6.45) is 0. The van der Waals surface area contributed by atoms with Crippen LogP contribution in [0, 0.1) is 6.92 Å². The van der Waals surface area contributed by atoms with Crippen LogP contribution in [0.1, 0.15) is 28.4 Å². The normalized spacial score (nSPS) is 11.3. The molecule has 0 saturated carbocycles. The minimum Gasteiger partial charge on any atom is -0.398 e. The van der Waals surface area contributed by atoms with Crippen LogP contribution in [0.3, 0.4) is 0 Å². The highest BCUT2D eigenvalue weighted by Crippen LogP contribution is 2.15. The van der Waals surface area contributed by atoms with E-state index in [4.69, 9.17) is 5.73 Å². The molecule has 0 fully saturated rings. The Labute approximate surface area is 124 Å². The van der Waals surface area contributed by atoms with Gasteiger partial charge in [0.25, 0.3) is 5.91 Å². The lowest BCUT2D eigenvalue weighted by molar-refractivity contribution is 0.0799. The molecule has 1 amide bonds. The lowest BCUT2D eigenvalue weighted by Crippen LogP contribution is -2.23. The van der Waals surface area contributed by atoms with Crippen molar-refractivity contribution in [2.24, 2.45) is 5.10 Å². The number of hydrazone groups is 1. The number of benzene rings is 2. The molecular formula is C17H19N3O. The highest BCUT2D eigenvalue weighted by Gasteiger charge is 2.11. The van der Waals surface area contributed by atoms with Gasteiger partial charge in [-0.05, 0) is 38.1 Å². The van der Waals surface area contributed by atoms with Gasteiger partial charge in [0, 0.05) is 23.9 Å². The van der Waals surface area contributed by atoms with Gasteiger partial charge in [0.05, 0.1) is 5.71 Å². The van der Waals surface area contributed by atoms with Crippen LogP contribution in [-0.4, -0.2) is 23.7 Å². The maximum absolute atomic E-state index is 12.3. The number of carbonyl (C=O) groups is 1. The summed E-state index contributed by atoms with van der Waals surface area (Å²) >= 11 is 0. The van der Waals surface area contributed by atoms with Crippen LogP contribution < -0.4 is 5.73 Å². The summed E-state index contributed by atoms with van der Waals surface area (Å²) < 4.78 is 0. The molecule has 0 bridgehead atoms. The van der Waals surface area contributed by atoms with E-state index in [1.165, 1.54) is 5.01 Å². The number of carbonyl (C=O) groups excluding carboxylic acids is 1. The topological polar surface area (TPSA) is 58.7 Å². The van der Waals surface area contributed by atoms with Crippen LogP contribution in [0.2, 0.25) is 0 Å². The Morgan fingerprint density at radius 2 is 1.81 bits per heavy atom. The third kappa shape index (κ3) is 3.48. The van der Waals surface area contributed by atoms with Crippen LogP contribution >= 0.6 is 0 Å². The number of hydrogen-bond donors (Lipinski definition) is 1. The SMILES string of the molecule is C/C(=N\N(C)C(=O)c1ccccc1)c1cc(C)ccc1N. The average molecular weight is 281 g/mol. The summed E-state index contributed by atoms with van der Waals surface area (Å²) in [5.74, 6) is -0.152. The fourth-order valence-corrected chi connectivity index (χ4v) is 2.08. The number of amides is 1. The van der Waals surface area contributed by atoms with E-state index in [2.05, 4.69) is 5.10 Å². The van der Waals surface area contributed by atoms with Gasteiger partial charge in [-0.1, -0.05) is 29.8 Å². The molecule has 21 heavy (non-hydrogen) atoms. The Kier molecular flexibility index (Phi) is 4.38. The summed E-state index contributed by atoms with van der Waals surface area (Å²) in [6.45, 7) is 3.84. The first-order valence-corrected chi connectivity index (χ1v) is 6.74. The van der Waals surface area contributed by atoms with Gasteiger partial charge in [-0.3, -0.25) is 4.79 Å². The van der Waals surface area contributed by atoms with Crippen molar-refractivity contribution in [2.75, 3.05) is 12.8 Å². The van der Waals surface area contributed by atoms with E-state index in [9.17, 15) is 4.79 Å². The van der Waals surface area contributed by atoms with Gasteiger partial charge in [0.1, 0.15) is 0 Å². The predicted molar refractivity (Wildman–Crippen MR) is 86.3 cm³/mol. The zero-order valence-electron chi connectivity index (χ0n) is 12.5. The molecule has 0 radical (unpaired) electrons. The highest BCUT2D eigenvalue weighted by molar-refractivity contribution is 6.04. The molecule has 0 atom stereocenters. The molecule has 0 aliphatic carbocycles. The summed E-state index contributed by atoms with van der Waals surface area (Å²) in [5.41, 5.74) is 9.89. The van der Waals surface area contributed by atoms with Crippen molar-refractivity contribution in [3.63, 3.8) is 0 Å². The van der Waals surface area contributed by atoms with E-state index < -0.39 is 0 Å². The van der Waals surface area contributed by atoms with Gasteiger partial charge >= 0.3 is 0 Å². The molecule has 0 unspecified atom stereocenters. The van der Waals surface area contributed by atoms with E-state index in [0.29, 0.717) is 17.0 Å². The van der Waals surface area contributed by atoms with Crippen molar-refractivity contribution >= 4 is 17.3 Å². The van der Waals surface area contributed by atoms with Gasteiger partial charge in [0.15, 0.2) is 0 Å². The molecule has 4 nitrogen and oxygen atoms in total. The third-order valence-electron chi connectivity index (χ3n) is 3.21. The van der Waals surface area contributed by atoms with Crippen molar-refractivity contribution in [1.29, 1.82) is 0 Å². The molecule has 0 saturated heterocycles. The number of hydrogen-bond acceptors (Lipinski definition) is 3. The predicted octanol–water partition coefficient (Wildman–Crippen LogP) is 3.07. The maximum atomic E-state index is 12.3. The van der Waals surface area contributed by atoms with Crippen molar-refractivity contribution in [3.05, 3.63) is 65.2 Å². The first kappa shape index (κ1) is 14.8. The summed E-state index contributed by atoms with van der Waals surface area (Å²) in [5, 5.41) is 5.69. The minimum absolute atomic E-state index is 0.152. The number of aryl methyl sites for hydroxylation is 1. The van der Waals surface area contributed by atoms with Crippen molar-refractivity contribution < 1.29 is 4.79 Å². The van der Waals surface area contributed by atoms with E-state index in [1.807, 2.05) is 50.2 Å². The molecule has 0 aromatic heterocycles. The van der Waals surface area contributed by atoms with Crippen LogP contribution in [0.15, 0.2) is 53.6 Å². The largest absolute Gasteiger partial charge is 0.398 e. The first-order chi connectivity index (χ1) is 9.99. The number of nitrogen functional groups attached to an aromatic ring is 1. The van der Waals surface area contributed by atoms with Crippen molar-refractivity contribution in [3.8, 4) is 0 Å². The zero-order valence-corrected chi connectivity index (χ0v) is 12.5. The number of nitrogens with two attached hydrogens (primary N) is 1. The molecule has 0 heterocycles. The average Bonchev–Trinajstić information content (AvgIpc) is 2.49. The van der Waals surface area contributed by atoms with E-state index in [-0.39, 0.29) is 5.91 Å². The van der Waals surface area contributed by atoms with Crippen LogP contribution in [0.25, 0.3) is 0 Å². The van der Waals surface area contributed by atoms with Crippen molar-refractivity contribution in [1.82, 2.24) is 5.01 Å². The Balaban J connectivity index is 2.26. The van der Waals surface area contributed by atoms with E-state index >= 15 is 0 Å². The monoisotopic (exact) mass is 281 g/mol. The van der Waals surface area contributed by atoms with Gasteiger partial charge in [-0.2, -0.15) is 5.10 Å². The molecule has 0 aliphatic rings. The van der Waals surface area contributed by atoms with Crippen LogP contribution in [0.5, 0.6) is 0 Å². The Bertz CT molecular complexity index is 678. The van der Waals surface area contributed by atoms with Crippen molar-refractivity contribution in [2.45, 2.75) is 13.8 Å². The molecule has 4 heteroatoms. The zero-order chi connectivity index (χ0) is 15.4. The lowest BCUT2D eigenvalue weighted by atomic mass is 10.1. The quantitative estimate of drug-likeness (QED) is 0.534. The third-order valence-corrected chi connectivity index (χ3v) is 3.21. The standard InChI is InChI=1S/C17H19N3O/c1-12-9-10-16(18)15(11-12)13(2)19-20(3)17(21)14-7-5-4-6-8-14/h4-11H,18H2,1-3H3/b19-13+. The maximum Gasteiger partial charge on any atom is 0.273 e. The number of rotatable bonds is 3. The second-order valence-electron chi connectivity index (χ2n) is 4.97. The van der Waals surface area contributed by atoms with Crippen LogP contribution in [0.4, 0.5) is 5.69 Å². The lowest BCUT2D eigenvalue weighted by Gasteiger charge is -2.14. The highest BCUT2D eigenvalue weighted by atomic mass is 16.2. The Hall–Kier alpha value is -2.62. The summed E-state index contributed by atoms with van der Waals surface area (Å²) in [7, 11) is 1.64. The number of anilines is 1. The molecular weight excluding hydrogens is 262 g/mol. The number of nitrogens with zero attached hydrogens (tertiary/aromatic N) is 2. The Morgan fingerprint density at radius 1 is 1.14 bits per heavy atom. The van der Waals surface area contributed by atoms with Gasteiger partial charge in [-0.25, -0.2) is 5.01 Å². The Morgan fingerprint density at radius 3 is 2.48 bits per heavy atom. The second-order valence-corrected chi connectivity index (χ2v) is 4.97. The van der Waals surface area contributed by atoms with E-state index in [1.54, 1.807) is 19.2 Å². The smallest absolute Gasteiger partial charge is 0.273 e. The van der Waals surface area contributed by atoms with E-state index in [0.717, 1.165) is 11.1 Å². The molecule has 0 spiro atoms. The summed E-state index contributed by atoms with van der Waals surface area (Å²) in [6, 6.07) is 14.8. The van der Waals surface area contributed by atoms with Gasteiger partial charge < -0.3 is 5.73 Å². The van der Waals surface area contributed by atoms with Gasteiger partial charge in [0.2, 0.25) is 0 Å². The van der Waals surface area contributed by atoms with Crippen LogP contribution in [-0.2, 0) is 0 Å².